The second-order valence-corrected chi connectivity index (χ2v) is 5.33. The Balaban J connectivity index is 2.82. The molecule has 1 N–H and O–H groups in total. The van der Waals surface area contributed by atoms with Crippen LogP contribution < -0.4 is 5.32 Å². The van der Waals surface area contributed by atoms with E-state index in [1.165, 1.54) is 6.92 Å². The minimum absolute atomic E-state index is 0.0563. The van der Waals surface area contributed by atoms with E-state index in [0.717, 1.165) is 19.1 Å². The highest BCUT2D eigenvalue weighted by Crippen LogP contribution is 2.28. The first kappa shape index (κ1) is 18.7. The number of hydrogen-bond acceptors (Lipinski definition) is 5. The number of nitrogens with one attached hydrogen (secondary N) is 1. The maximum Gasteiger partial charge on any atom is 0.413 e. The van der Waals surface area contributed by atoms with Gasteiger partial charge in [-0.3, -0.25) is 14.9 Å². The molecule has 6 heteroatoms. The van der Waals surface area contributed by atoms with E-state index in [-0.39, 0.29) is 5.92 Å². The molecule has 1 aromatic rings. The fraction of sp³-hybridized carbons (Fsp3) is 0.471. The summed E-state index contributed by atoms with van der Waals surface area (Å²) in [7, 11) is 1.15. The fourth-order valence-electron chi connectivity index (χ4n) is 2.15. The molecule has 126 valence electrons. The summed E-state index contributed by atoms with van der Waals surface area (Å²) < 4.78 is 9.58. The van der Waals surface area contributed by atoms with Crippen LogP contribution in [0.2, 0.25) is 0 Å². The summed E-state index contributed by atoms with van der Waals surface area (Å²) in [4.78, 5) is 35.3. The zero-order valence-corrected chi connectivity index (χ0v) is 13.9. The van der Waals surface area contributed by atoms with Crippen molar-refractivity contribution in [2.45, 2.75) is 39.2 Å². The van der Waals surface area contributed by atoms with Gasteiger partial charge >= 0.3 is 12.1 Å². The molecule has 3 atom stereocenters. The molecule has 0 saturated heterocycles. The predicted molar refractivity (Wildman–Crippen MR) is 84.7 cm³/mol. The molecule has 0 spiro atoms. The third-order valence-corrected chi connectivity index (χ3v) is 3.70. The number of rotatable bonds is 6. The number of carbonyl (C=O) groups excluding carboxylic acids is 3. The summed E-state index contributed by atoms with van der Waals surface area (Å²) >= 11 is 0. The van der Waals surface area contributed by atoms with Crippen LogP contribution in [0.15, 0.2) is 30.3 Å². The van der Waals surface area contributed by atoms with Crippen LogP contribution in [-0.4, -0.2) is 31.2 Å². The molecule has 0 aliphatic heterocycles. The molecule has 0 bridgehead atoms. The van der Waals surface area contributed by atoms with E-state index in [0.29, 0.717) is 0 Å². The van der Waals surface area contributed by atoms with Crippen molar-refractivity contribution in [2.24, 2.45) is 5.92 Å². The van der Waals surface area contributed by atoms with Gasteiger partial charge in [-0.05, 0) is 18.4 Å². The smallest absolute Gasteiger partial charge is 0.413 e. The second kappa shape index (κ2) is 8.92. The van der Waals surface area contributed by atoms with Crippen LogP contribution >= 0.6 is 0 Å². The number of benzene rings is 1. The van der Waals surface area contributed by atoms with Crippen molar-refractivity contribution < 1.29 is 23.9 Å². The van der Waals surface area contributed by atoms with Gasteiger partial charge in [-0.25, -0.2) is 4.79 Å². The number of amides is 2. The van der Waals surface area contributed by atoms with Gasteiger partial charge in [-0.15, -0.1) is 0 Å². The van der Waals surface area contributed by atoms with E-state index in [4.69, 9.17) is 4.74 Å². The van der Waals surface area contributed by atoms with E-state index in [9.17, 15) is 14.4 Å². The number of ether oxygens (including phenoxy) is 2. The molecule has 0 aliphatic carbocycles. The van der Waals surface area contributed by atoms with Gasteiger partial charge in [0.15, 0.2) is 6.10 Å². The van der Waals surface area contributed by atoms with Gasteiger partial charge in [0.25, 0.3) is 5.91 Å². The third-order valence-electron chi connectivity index (χ3n) is 3.70. The highest BCUT2D eigenvalue weighted by molar-refractivity contribution is 5.95. The lowest BCUT2D eigenvalue weighted by Gasteiger charge is -2.23. The van der Waals surface area contributed by atoms with Gasteiger partial charge in [0, 0.05) is 0 Å². The Kier molecular flexibility index (Phi) is 7.25. The number of alkyl carbamates (subject to hydrolysis) is 1. The highest BCUT2D eigenvalue weighted by Gasteiger charge is 2.30. The largest absolute Gasteiger partial charge is 0.453 e. The number of imide groups is 1. The van der Waals surface area contributed by atoms with E-state index in [1.807, 2.05) is 49.5 Å². The summed E-state index contributed by atoms with van der Waals surface area (Å²) in [6.07, 6.45) is -1.19. The number of methoxy groups -OCH3 is 1. The Morgan fingerprint density at radius 2 is 1.74 bits per heavy atom. The first-order valence-electron chi connectivity index (χ1n) is 7.54. The summed E-state index contributed by atoms with van der Waals surface area (Å²) in [5.74, 6) is -1.62. The quantitative estimate of drug-likeness (QED) is 0.815. The minimum atomic E-state index is -1.09. The fourth-order valence-corrected chi connectivity index (χ4v) is 2.15. The van der Waals surface area contributed by atoms with E-state index < -0.39 is 30.0 Å². The Labute approximate surface area is 136 Å². The molecular formula is C17H23NO5. The molecule has 0 radical (unpaired) electrons. The molecule has 0 heterocycles. The summed E-state index contributed by atoms with van der Waals surface area (Å²) in [5.41, 5.74) is 0.840. The van der Waals surface area contributed by atoms with Gasteiger partial charge in [0.05, 0.1) is 13.0 Å². The van der Waals surface area contributed by atoms with Crippen molar-refractivity contribution in [1.82, 2.24) is 5.32 Å². The topological polar surface area (TPSA) is 81.7 Å². The zero-order chi connectivity index (χ0) is 17.4. The van der Waals surface area contributed by atoms with Crippen LogP contribution in [0.1, 0.15) is 38.7 Å². The molecule has 2 amide bonds. The lowest BCUT2D eigenvalue weighted by Crippen LogP contribution is -2.40. The van der Waals surface area contributed by atoms with Crippen molar-refractivity contribution >= 4 is 18.0 Å². The zero-order valence-electron chi connectivity index (χ0n) is 13.9. The van der Waals surface area contributed by atoms with Crippen LogP contribution in [0.25, 0.3) is 0 Å². The van der Waals surface area contributed by atoms with Crippen molar-refractivity contribution in [3.8, 4) is 0 Å². The first-order valence-corrected chi connectivity index (χ1v) is 7.54. The van der Waals surface area contributed by atoms with Crippen molar-refractivity contribution in [3.05, 3.63) is 35.9 Å². The minimum Gasteiger partial charge on any atom is -0.453 e. The van der Waals surface area contributed by atoms with Gasteiger partial charge in [-0.2, -0.15) is 0 Å². The van der Waals surface area contributed by atoms with Crippen LogP contribution in [0, 0.1) is 5.92 Å². The number of esters is 1. The van der Waals surface area contributed by atoms with Gasteiger partial charge in [-0.1, -0.05) is 50.6 Å². The standard InChI is InChI=1S/C17H23NO5/c1-5-11(2)14(13-9-7-6-8-10-13)16(20)23-12(3)15(19)18-17(21)22-4/h6-12,14H,5H2,1-4H3,(H,18,19,21)/t11-,12+,14-/m1/s1. The van der Waals surface area contributed by atoms with Crippen LogP contribution in [0.3, 0.4) is 0 Å². The first-order chi connectivity index (χ1) is 10.9. The predicted octanol–water partition coefficient (Wildman–Crippen LogP) is 2.63. The SMILES string of the molecule is CC[C@@H](C)[C@@H](C(=O)O[C@@H](C)C(=O)NC(=O)OC)c1ccccc1. The number of hydrogen-bond donors (Lipinski definition) is 1. The molecule has 0 aliphatic rings. The molecule has 6 nitrogen and oxygen atoms in total. The molecule has 23 heavy (non-hydrogen) atoms. The molecule has 1 aromatic carbocycles. The Morgan fingerprint density at radius 3 is 2.26 bits per heavy atom. The second-order valence-electron chi connectivity index (χ2n) is 5.33. The Bertz CT molecular complexity index is 543. The molecule has 1 rings (SSSR count). The molecule has 0 unspecified atom stereocenters. The Morgan fingerprint density at radius 1 is 1.13 bits per heavy atom. The maximum absolute atomic E-state index is 12.5. The molecular weight excluding hydrogens is 298 g/mol. The van der Waals surface area contributed by atoms with Gasteiger partial charge < -0.3 is 9.47 Å². The van der Waals surface area contributed by atoms with E-state index >= 15 is 0 Å². The van der Waals surface area contributed by atoms with Crippen molar-refractivity contribution in [3.63, 3.8) is 0 Å². The van der Waals surface area contributed by atoms with Crippen molar-refractivity contribution in [1.29, 1.82) is 0 Å². The maximum atomic E-state index is 12.5. The summed E-state index contributed by atoms with van der Waals surface area (Å²) in [6.45, 7) is 5.36. The average Bonchev–Trinajstić information content (AvgIpc) is 2.55. The van der Waals surface area contributed by atoms with Crippen molar-refractivity contribution in [2.75, 3.05) is 7.11 Å². The van der Waals surface area contributed by atoms with Crippen LogP contribution in [0.5, 0.6) is 0 Å². The normalized spacial score (nSPS) is 14.3. The monoisotopic (exact) mass is 321 g/mol. The molecule has 0 saturated carbocycles. The highest BCUT2D eigenvalue weighted by atomic mass is 16.6. The molecule has 0 fully saturated rings. The van der Waals surface area contributed by atoms with Gasteiger partial charge in [0.1, 0.15) is 0 Å². The Hall–Kier alpha value is -2.37. The number of carbonyl (C=O) groups is 3. The molecule has 0 aromatic heterocycles. The summed E-state index contributed by atoms with van der Waals surface area (Å²) in [6, 6.07) is 9.29. The average molecular weight is 321 g/mol. The van der Waals surface area contributed by atoms with E-state index in [2.05, 4.69) is 4.74 Å². The third kappa shape index (κ3) is 5.39. The lowest BCUT2D eigenvalue weighted by molar-refractivity contribution is -0.157. The van der Waals surface area contributed by atoms with Crippen LogP contribution in [-0.2, 0) is 19.1 Å². The van der Waals surface area contributed by atoms with Gasteiger partial charge in [0.2, 0.25) is 0 Å². The lowest BCUT2D eigenvalue weighted by atomic mass is 9.85. The summed E-state index contributed by atoms with van der Waals surface area (Å²) in [5, 5.41) is 1.98. The van der Waals surface area contributed by atoms with E-state index in [1.54, 1.807) is 0 Å². The van der Waals surface area contributed by atoms with Crippen LogP contribution in [0.4, 0.5) is 4.79 Å².